The maximum Gasteiger partial charge on any atom is 0.336 e. The zero-order valence-corrected chi connectivity index (χ0v) is 15.4. The predicted molar refractivity (Wildman–Crippen MR) is 102 cm³/mol. The topological polar surface area (TPSA) is 46.8 Å². The monoisotopic (exact) mass is 336 g/mol. The molecule has 0 bridgehead atoms. The summed E-state index contributed by atoms with van der Waals surface area (Å²) in [5.41, 5.74) is 6.49. The van der Waals surface area contributed by atoms with Gasteiger partial charge in [0.2, 0.25) is 0 Å². The molecule has 0 atom stereocenters. The van der Waals surface area contributed by atoms with Gasteiger partial charge in [-0.05, 0) is 43.0 Å². The SMILES string of the molecule is Cc1ccc(C[NH2+]Cc2cc(=O)oc3cc(C)c(C(C)C)cc23)cc1. The second kappa shape index (κ2) is 7.24. The Kier molecular flexibility index (Phi) is 5.05. The summed E-state index contributed by atoms with van der Waals surface area (Å²) in [7, 11) is 0. The van der Waals surface area contributed by atoms with Crippen LogP contribution in [-0.4, -0.2) is 0 Å². The lowest BCUT2D eigenvalue weighted by Crippen LogP contribution is -2.80. The Morgan fingerprint density at radius 3 is 2.40 bits per heavy atom. The van der Waals surface area contributed by atoms with Crippen LogP contribution in [-0.2, 0) is 13.1 Å². The van der Waals surface area contributed by atoms with E-state index in [1.165, 1.54) is 22.3 Å². The average Bonchev–Trinajstić information content (AvgIpc) is 2.55. The molecular weight excluding hydrogens is 310 g/mol. The molecule has 2 aromatic carbocycles. The van der Waals surface area contributed by atoms with E-state index in [4.69, 9.17) is 4.42 Å². The van der Waals surface area contributed by atoms with Crippen molar-refractivity contribution in [3.05, 3.63) is 80.7 Å². The first-order valence-electron chi connectivity index (χ1n) is 8.88. The first kappa shape index (κ1) is 17.4. The van der Waals surface area contributed by atoms with Crippen LogP contribution in [0.15, 0.2) is 51.7 Å². The van der Waals surface area contributed by atoms with Crippen molar-refractivity contribution in [2.24, 2.45) is 0 Å². The summed E-state index contributed by atoms with van der Waals surface area (Å²) in [4.78, 5) is 11.9. The number of aryl methyl sites for hydroxylation is 2. The first-order chi connectivity index (χ1) is 11.9. The smallest absolute Gasteiger partial charge is 0.336 e. The van der Waals surface area contributed by atoms with Gasteiger partial charge in [-0.2, -0.15) is 0 Å². The van der Waals surface area contributed by atoms with E-state index >= 15 is 0 Å². The zero-order chi connectivity index (χ0) is 18.0. The predicted octanol–water partition coefficient (Wildman–Crippen LogP) is 3.80. The second-order valence-corrected chi connectivity index (χ2v) is 7.13. The van der Waals surface area contributed by atoms with Gasteiger partial charge >= 0.3 is 5.63 Å². The first-order valence-corrected chi connectivity index (χ1v) is 8.88. The highest BCUT2D eigenvalue weighted by molar-refractivity contribution is 5.82. The number of rotatable bonds is 5. The molecule has 0 amide bonds. The Labute approximate surface area is 148 Å². The third kappa shape index (κ3) is 3.99. The molecule has 2 N–H and O–H groups in total. The summed E-state index contributed by atoms with van der Waals surface area (Å²) in [6, 6.07) is 14.4. The van der Waals surface area contributed by atoms with E-state index in [9.17, 15) is 4.79 Å². The van der Waals surface area contributed by atoms with Crippen LogP contribution in [0.25, 0.3) is 11.0 Å². The summed E-state index contributed by atoms with van der Waals surface area (Å²) in [6.07, 6.45) is 0. The molecule has 25 heavy (non-hydrogen) atoms. The highest BCUT2D eigenvalue weighted by atomic mass is 16.4. The summed E-state index contributed by atoms with van der Waals surface area (Å²) >= 11 is 0. The van der Waals surface area contributed by atoms with E-state index < -0.39 is 0 Å². The molecule has 3 heteroatoms. The molecule has 3 aromatic rings. The van der Waals surface area contributed by atoms with Gasteiger partial charge in [0.05, 0.1) is 0 Å². The van der Waals surface area contributed by atoms with Crippen molar-refractivity contribution in [2.45, 2.75) is 46.7 Å². The van der Waals surface area contributed by atoms with Gasteiger partial charge in [0, 0.05) is 22.6 Å². The standard InChI is InChI=1S/C22H25NO2/c1-14(2)19-11-20-18(10-22(24)25-21(20)9-16(19)4)13-23-12-17-7-5-15(3)6-8-17/h5-11,14,23H,12-13H2,1-4H3/p+1. The molecule has 1 aromatic heterocycles. The van der Waals surface area contributed by atoms with Crippen LogP contribution in [0.3, 0.4) is 0 Å². The fraction of sp³-hybridized carbons (Fsp3) is 0.318. The van der Waals surface area contributed by atoms with E-state index in [1.807, 2.05) is 6.07 Å². The van der Waals surface area contributed by atoms with Crippen LogP contribution in [0.1, 0.15) is 47.6 Å². The Morgan fingerprint density at radius 1 is 1.00 bits per heavy atom. The van der Waals surface area contributed by atoms with Crippen LogP contribution in [0.4, 0.5) is 0 Å². The number of hydrogen-bond donors (Lipinski definition) is 1. The molecule has 0 radical (unpaired) electrons. The van der Waals surface area contributed by atoms with Crippen LogP contribution in [0.5, 0.6) is 0 Å². The molecule has 0 spiro atoms. The minimum Gasteiger partial charge on any atom is -0.423 e. The Morgan fingerprint density at radius 2 is 1.72 bits per heavy atom. The lowest BCUT2D eigenvalue weighted by molar-refractivity contribution is -0.686. The van der Waals surface area contributed by atoms with Crippen LogP contribution < -0.4 is 10.9 Å². The van der Waals surface area contributed by atoms with Crippen molar-refractivity contribution in [1.29, 1.82) is 0 Å². The molecule has 3 rings (SSSR count). The normalized spacial score (nSPS) is 11.4. The molecule has 0 aliphatic heterocycles. The van der Waals surface area contributed by atoms with Gasteiger partial charge in [0.1, 0.15) is 18.7 Å². The van der Waals surface area contributed by atoms with E-state index in [1.54, 1.807) is 6.07 Å². The molecule has 0 unspecified atom stereocenters. The van der Waals surface area contributed by atoms with Crippen molar-refractivity contribution in [3.63, 3.8) is 0 Å². The van der Waals surface area contributed by atoms with Crippen LogP contribution >= 0.6 is 0 Å². The van der Waals surface area contributed by atoms with Crippen molar-refractivity contribution in [1.82, 2.24) is 0 Å². The Hall–Kier alpha value is -2.39. The summed E-state index contributed by atoms with van der Waals surface area (Å²) < 4.78 is 5.43. The fourth-order valence-corrected chi connectivity index (χ4v) is 3.30. The third-order valence-corrected chi connectivity index (χ3v) is 4.70. The van der Waals surface area contributed by atoms with Crippen molar-refractivity contribution in [2.75, 3.05) is 0 Å². The third-order valence-electron chi connectivity index (χ3n) is 4.70. The lowest BCUT2D eigenvalue weighted by atomic mass is 9.95. The average molecular weight is 336 g/mol. The van der Waals surface area contributed by atoms with Crippen LogP contribution in [0, 0.1) is 13.8 Å². The Balaban J connectivity index is 1.88. The van der Waals surface area contributed by atoms with Gasteiger partial charge in [-0.1, -0.05) is 43.7 Å². The van der Waals surface area contributed by atoms with E-state index in [2.05, 4.69) is 63.3 Å². The van der Waals surface area contributed by atoms with Gasteiger partial charge in [-0.15, -0.1) is 0 Å². The number of hydrogen-bond acceptors (Lipinski definition) is 2. The molecule has 0 saturated heterocycles. The molecule has 1 heterocycles. The van der Waals surface area contributed by atoms with Crippen molar-refractivity contribution < 1.29 is 9.73 Å². The van der Waals surface area contributed by atoms with Crippen molar-refractivity contribution in [3.8, 4) is 0 Å². The molecular formula is C22H26NO2+. The van der Waals surface area contributed by atoms with E-state index in [0.717, 1.165) is 24.0 Å². The van der Waals surface area contributed by atoms with Gasteiger partial charge in [0.15, 0.2) is 0 Å². The molecule has 130 valence electrons. The second-order valence-electron chi connectivity index (χ2n) is 7.13. The van der Waals surface area contributed by atoms with Crippen molar-refractivity contribution >= 4 is 11.0 Å². The summed E-state index contributed by atoms with van der Waals surface area (Å²) in [5.74, 6) is 0.445. The zero-order valence-electron chi connectivity index (χ0n) is 15.4. The minimum atomic E-state index is -0.275. The quantitative estimate of drug-likeness (QED) is 0.721. The number of quaternary nitrogens is 1. The highest BCUT2D eigenvalue weighted by Gasteiger charge is 2.12. The molecule has 0 saturated carbocycles. The number of fused-ring (bicyclic) bond motifs is 1. The summed E-state index contributed by atoms with van der Waals surface area (Å²) in [6.45, 7) is 10.2. The number of benzene rings is 2. The van der Waals surface area contributed by atoms with Gasteiger partial charge in [-0.3, -0.25) is 0 Å². The fourth-order valence-electron chi connectivity index (χ4n) is 3.30. The van der Waals surface area contributed by atoms with Gasteiger partial charge < -0.3 is 9.73 Å². The minimum absolute atomic E-state index is 0.275. The van der Waals surface area contributed by atoms with Gasteiger partial charge in [-0.25, -0.2) is 4.79 Å². The maximum atomic E-state index is 11.9. The maximum absolute atomic E-state index is 11.9. The lowest BCUT2D eigenvalue weighted by Gasteiger charge is -2.12. The molecule has 3 nitrogen and oxygen atoms in total. The largest absolute Gasteiger partial charge is 0.423 e. The van der Waals surface area contributed by atoms with E-state index in [0.29, 0.717) is 11.5 Å². The van der Waals surface area contributed by atoms with Crippen LogP contribution in [0.2, 0.25) is 0 Å². The highest BCUT2D eigenvalue weighted by Crippen LogP contribution is 2.26. The summed E-state index contributed by atoms with van der Waals surface area (Å²) in [5, 5.41) is 3.28. The molecule has 0 aliphatic carbocycles. The molecule has 0 fully saturated rings. The Bertz CT molecular complexity index is 937. The van der Waals surface area contributed by atoms with E-state index in [-0.39, 0.29) is 5.63 Å². The van der Waals surface area contributed by atoms with Gasteiger partial charge in [0.25, 0.3) is 0 Å². The number of nitrogens with two attached hydrogens (primary N) is 1. The molecule has 0 aliphatic rings.